The number of rotatable bonds is 5. The van der Waals surface area contributed by atoms with Gasteiger partial charge < -0.3 is 19.8 Å². The van der Waals surface area contributed by atoms with Crippen LogP contribution in [0, 0.1) is 0 Å². The standard InChI is InChI=1S/C15H24BNO3/c1-14(2)15(3,4)20-16(19-14)13(17)10-11-18-12-8-6-5-7-9-12/h5-9,13H,10-11,17H2,1-4H3. The van der Waals surface area contributed by atoms with Crippen LogP contribution in [0.3, 0.4) is 0 Å². The minimum absolute atomic E-state index is 0.195. The van der Waals surface area contributed by atoms with E-state index in [0.717, 1.165) is 5.75 Å². The van der Waals surface area contributed by atoms with Gasteiger partial charge in [-0.1, -0.05) is 18.2 Å². The number of ether oxygens (including phenoxy) is 1. The highest BCUT2D eigenvalue weighted by Crippen LogP contribution is 2.37. The fraction of sp³-hybridized carbons (Fsp3) is 0.600. The predicted molar refractivity (Wildman–Crippen MR) is 80.6 cm³/mol. The van der Waals surface area contributed by atoms with Crippen molar-refractivity contribution < 1.29 is 14.0 Å². The second kappa shape index (κ2) is 5.76. The van der Waals surface area contributed by atoms with E-state index in [1.54, 1.807) is 0 Å². The fourth-order valence-electron chi connectivity index (χ4n) is 2.03. The molecule has 1 atom stereocenters. The lowest BCUT2D eigenvalue weighted by molar-refractivity contribution is 0.00578. The highest BCUT2D eigenvalue weighted by atomic mass is 16.7. The van der Waals surface area contributed by atoms with Gasteiger partial charge in [0.25, 0.3) is 0 Å². The summed E-state index contributed by atoms with van der Waals surface area (Å²) in [6.45, 7) is 8.66. The number of hydrogen-bond donors (Lipinski definition) is 1. The Balaban J connectivity index is 1.80. The molecule has 1 unspecified atom stereocenters. The molecule has 1 aliphatic heterocycles. The van der Waals surface area contributed by atoms with Crippen LogP contribution in [0.1, 0.15) is 34.1 Å². The van der Waals surface area contributed by atoms with Gasteiger partial charge in [-0.3, -0.25) is 0 Å². The third kappa shape index (κ3) is 3.34. The predicted octanol–water partition coefficient (Wildman–Crippen LogP) is 2.41. The van der Waals surface area contributed by atoms with Crippen molar-refractivity contribution in [3.8, 4) is 5.75 Å². The zero-order valence-corrected chi connectivity index (χ0v) is 12.8. The maximum absolute atomic E-state index is 6.16. The van der Waals surface area contributed by atoms with Crippen LogP contribution in [0.25, 0.3) is 0 Å². The number of benzene rings is 1. The minimum Gasteiger partial charge on any atom is -0.494 e. The van der Waals surface area contributed by atoms with E-state index in [2.05, 4.69) is 0 Å². The van der Waals surface area contributed by atoms with E-state index in [9.17, 15) is 0 Å². The first-order valence-corrected chi connectivity index (χ1v) is 7.11. The van der Waals surface area contributed by atoms with Crippen LogP contribution in [0.5, 0.6) is 5.75 Å². The van der Waals surface area contributed by atoms with Crippen LogP contribution < -0.4 is 10.5 Å². The van der Waals surface area contributed by atoms with Gasteiger partial charge in [0, 0.05) is 5.94 Å². The van der Waals surface area contributed by atoms with Gasteiger partial charge in [0.1, 0.15) is 5.75 Å². The molecule has 110 valence electrons. The SMILES string of the molecule is CC1(C)OB(C(N)CCOc2ccccc2)OC1(C)C. The molecule has 0 spiro atoms. The molecule has 1 aliphatic rings. The second-order valence-electron chi connectivity index (χ2n) is 6.24. The third-order valence-corrected chi connectivity index (χ3v) is 4.08. The van der Waals surface area contributed by atoms with Crippen LogP contribution in [0.4, 0.5) is 0 Å². The normalized spacial score (nSPS) is 21.8. The van der Waals surface area contributed by atoms with Crippen LogP contribution in [0.2, 0.25) is 0 Å². The number of nitrogens with two attached hydrogens (primary N) is 1. The molecule has 2 N–H and O–H groups in total. The summed E-state index contributed by atoms with van der Waals surface area (Å²) in [5.41, 5.74) is 5.48. The molecule has 0 aromatic heterocycles. The zero-order valence-electron chi connectivity index (χ0n) is 12.8. The van der Waals surface area contributed by atoms with Crippen molar-refractivity contribution in [2.24, 2.45) is 5.73 Å². The molecule has 0 radical (unpaired) electrons. The molecule has 0 saturated carbocycles. The van der Waals surface area contributed by atoms with Gasteiger partial charge in [-0.2, -0.15) is 0 Å². The van der Waals surface area contributed by atoms with Crippen molar-refractivity contribution >= 4 is 7.12 Å². The molecular formula is C15H24BNO3. The third-order valence-electron chi connectivity index (χ3n) is 4.08. The summed E-state index contributed by atoms with van der Waals surface area (Å²) in [6.07, 6.45) is 0.686. The van der Waals surface area contributed by atoms with Gasteiger partial charge in [-0.05, 0) is 46.2 Å². The molecule has 20 heavy (non-hydrogen) atoms. The molecule has 0 amide bonds. The molecule has 1 fully saturated rings. The molecule has 2 rings (SSSR count). The lowest BCUT2D eigenvalue weighted by Gasteiger charge is -2.32. The summed E-state index contributed by atoms with van der Waals surface area (Å²) in [6, 6.07) is 9.72. The summed E-state index contributed by atoms with van der Waals surface area (Å²) in [5.74, 6) is 0.661. The van der Waals surface area contributed by atoms with Crippen LogP contribution >= 0.6 is 0 Å². The lowest BCUT2D eigenvalue weighted by Crippen LogP contribution is -2.42. The fourth-order valence-corrected chi connectivity index (χ4v) is 2.03. The largest absolute Gasteiger partial charge is 0.494 e. The van der Waals surface area contributed by atoms with E-state index in [0.29, 0.717) is 13.0 Å². The van der Waals surface area contributed by atoms with E-state index in [-0.39, 0.29) is 24.3 Å². The van der Waals surface area contributed by atoms with Crippen molar-refractivity contribution in [3.05, 3.63) is 30.3 Å². The topological polar surface area (TPSA) is 53.7 Å². The van der Waals surface area contributed by atoms with Gasteiger partial charge in [-0.25, -0.2) is 0 Å². The first-order chi connectivity index (χ1) is 9.32. The van der Waals surface area contributed by atoms with Crippen LogP contribution in [-0.4, -0.2) is 30.9 Å². The van der Waals surface area contributed by atoms with Gasteiger partial charge in [-0.15, -0.1) is 0 Å². The van der Waals surface area contributed by atoms with E-state index >= 15 is 0 Å². The average molecular weight is 277 g/mol. The molecule has 1 saturated heterocycles. The second-order valence-corrected chi connectivity index (χ2v) is 6.24. The smallest absolute Gasteiger partial charge is 0.475 e. The summed E-state index contributed by atoms with van der Waals surface area (Å²) in [7, 11) is -0.376. The van der Waals surface area contributed by atoms with Crippen LogP contribution in [-0.2, 0) is 9.31 Å². The minimum atomic E-state index is -0.376. The van der Waals surface area contributed by atoms with E-state index < -0.39 is 0 Å². The quantitative estimate of drug-likeness (QED) is 0.840. The Hall–Kier alpha value is -1.04. The van der Waals surface area contributed by atoms with E-state index in [1.807, 2.05) is 58.0 Å². The van der Waals surface area contributed by atoms with Gasteiger partial charge in [0.05, 0.1) is 17.8 Å². The maximum atomic E-state index is 6.16. The van der Waals surface area contributed by atoms with Gasteiger partial charge in [0.15, 0.2) is 0 Å². The Labute approximate surface area is 121 Å². The molecule has 5 heteroatoms. The van der Waals surface area contributed by atoms with E-state index in [1.165, 1.54) is 0 Å². The Morgan fingerprint density at radius 1 is 1.10 bits per heavy atom. The Kier molecular flexibility index (Phi) is 4.42. The molecule has 4 nitrogen and oxygen atoms in total. The number of hydrogen-bond acceptors (Lipinski definition) is 4. The van der Waals surface area contributed by atoms with Crippen molar-refractivity contribution in [1.82, 2.24) is 0 Å². The van der Waals surface area contributed by atoms with E-state index in [4.69, 9.17) is 19.8 Å². The summed E-state index contributed by atoms with van der Waals surface area (Å²) < 4.78 is 17.5. The van der Waals surface area contributed by atoms with Gasteiger partial charge >= 0.3 is 7.12 Å². The maximum Gasteiger partial charge on any atom is 0.475 e. The van der Waals surface area contributed by atoms with Crippen LogP contribution in [0.15, 0.2) is 30.3 Å². The Morgan fingerprint density at radius 2 is 1.65 bits per heavy atom. The van der Waals surface area contributed by atoms with Crippen molar-refractivity contribution in [2.45, 2.75) is 51.3 Å². The van der Waals surface area contributed by atoms with Gasteiger partial charge in [0.2, 0.25) is 0 Å². The molecule has 1 heterocycles. The summed E-state index contributed by atoms with van der Waals surface area (Å²) >= 11 is 0. The molecule has 0 aliphatic carbocycles. The first kappa shape index (κ1) is 15.4. The van der Waals surface area contributed by atoms with Crippen molar-refractivity contribution in [3.63, 3.8) is 0 Å². The Bertz CT molecular complexity index is 420. The first-order valence-electron chi connectivity index (χ1n) is 7.11. The molecule has 0 bridgehead atoms. The molecular weight excluding hydrogens is 253 g/mol. The molecule has 1 aromatic carbocycles. The van der Waals surface area contributed by atoms with Crippen molar-refractivity contribution in [2.75, 3.05) is 6.61 Å². The average Bonchev–Trinajstić information content (AvgIpc) is 2.60. The lowest BCUT2D eigenvalue weighted by atomic mass is 9.77. The number of para-hydroxylation sites is 1. The highest BCUT2D eigenvalue weighted by molar-refractivity contribution is 6.47. The van der Waals surface area contributed by atoms with Crippen molar-refractivity contribution in [1.29, 1.82) is 0 Å². The monoisotopic (exact) mass is 277 g/mol. The zero-order chi connectivity index (χ0) is 14.8. The highest BCUT2D eigenvalue weighted by Gasteiger charge is 2.52. The Morgan fingerprint density at radius 3 is 2.20 bits per heavy atom. The summed E-state index contributed by atoms with van der Waals surface area (Å²) in [4.78, 5) is 0. The molecule has 1 aromatic rings. The summed E-state index contributed by atoms with van der Waals surface area (Å²) in [5, 5.41) is 0.